The van der Waals surface area contributed by atoms with Gasteiger partial charge in [0, 0.05) is 12.8 Å². The monoisotopic (exact) mass is 258 g/mol. The summed E-state index contributed by atoms with van der Waals surface area (Å²) >= 11 is 0. The SMILES string of the molecule is CC(C)(CN)CNS(=O)(=O)CS(C)(=O)=O. The molecule has 0 aromatic heterocycles. The lowest BCUT2D eigenvalue weighted by Crippen LogP contribution is -2.40. The molecule has 6 nitrogen and oxygen atoms in total. The third kappa shape index (κ3) is 7.71. The quantitative estimate of drug-likeness (QED) is 0.628. The molecule has 0 unspecified atom stereocenters. The summed E-state index contributed by atoms with van der Waals surface area (Å²) in [7, 11) is -7.31. The first-order chi connectivity index (χ1) is 6.47. The van der Waals surface area contributed by atoms with Gasteiger partial charge in [-0.2, -0.15) is 0 Å². The molecular formula is C7H18N2O4S2. The topological polar surface area (TPSA) is 106 Å². The van der Waals surface area contributed by atoms with Crippen LogP contribution in [0, 0.1) is 5.41 Å². The van der Waals surface area contributed by atoms with Gasteiger partial charge in [-0.05, 0) is 12.0 Å². The van der Waals surface area contributed by atoms with E-state index >= 15 is 0 Å². The highest BCUT2D eigenvalue weighted by Gasteiger charge is 2.22. The molecule has 0 aliphatic heterocycles. The molecule has 0 fully saturated rings. The minimum atomic E-state index is -3.78. The molecule has 0 rings (SSSR count). The van der Waals surface area contributed by atoms with E-state index in [1.807, 2.05) is 0 Å². The summed E-state index contributed by atoms with van der Waals surface area (Å²) in [5.41, 5.74) is 5.03. The van der Waals surface area contributed by atoms with Crippen molar-refractivity contribution in [2.75, 3.05) is 24.4 Å². The van der Waals surface area contributed by atoms with Crippen LogP contribution in [0.5, 0.6) is 0 Å². The maximum Gasteiger partial charge on any atom is 0.226 e. The molecule has 8 heteroatoms. The number of sulfone groups is 1. The van der Waals surface area contributed by atoms with Crippen molar-refractivity contribution in [2.24, 2.45) is 11.1 Å². The summed E-state index contributed by atoms with van der Waals surface area (Å²) in [5, 5.41) is -0.888. The lowest BCUT2D eigenvalue weighted by Gasteiger charge is -2.22. The van der Waals surface area contributed by atoms with Crippen molar-refractivity contribution in [3.63, 3.8) is 0 Å². The lowest BCUT2D eigenvalue weighted by atomic mass is 9.95. The van der Waals surface area contributed by atoms with E-state index in [1.165, 1.54) is 0 Å². The fraction of sp³-hybridized carbons (Fsp3) is 1.00. The second-order valence-corrected chi connectivity index (χ2v) is 8.66. The first-order valence-electron chi connectivity index (χ1n) is 4.33. The van der Waals surface area contributed by atoms with Crippen molar-refractivity contribution in [3.05, 3.63) is 0 Å². The predicted molar refractivity (Wildman–Crippen MR) is 59.5 cm³/mol. The fourth-order valence-corrected chi connectivity index (χ4v) is 3.90. The first-order valence-corrected chi connectivity index (χ1v) is 8.04. The molecule has 0 saturated heterocycles. The van der Waals surface area contributed by atoms with Crippen LogP contribution in [0.15, 0.2) is 0 Å². The van der Waals surface area contributed by atoms with Gasteiger partial charge in [-0.1, -0.05) is 13.8 Å². The van der Waals surface area contributed by atoms with Crippen LogP contribution in [0.25, 0.3) is 0 Å². The van der Waals surface area contributed by atoms with Crippen molar-refractivity contribution in [1.82, 2.24) is 4.72 Å². The van der Waals surface area contributed by atoms with E-state index in [0.29, 0.717) is 6.54 Å². The van der Waals surface area contributed by atoms with Crippen molar-refractivity contribution < 1.29 is 16.8 Å². The number of rotatable bonds is 6. The molecule has 0 aromatic carbocycles. The van der Waals surface area contributed by atoms with Gasteiger partial charge in [-0.3, -0.25) is 0 Å². The second-order valence-electron chi connectivity index (χ2n) is 4.35. The Bertz CT molecular complexity index is 397. The van der Waals surface area contributed by atoms with Crippen LogP contribution in [0.1, 0.15) is 13.8 Å². The zero-order chi connectivity index (χ0) is 12.3. The maximum atomic E-state index is 11.3. The van der Waals surface area contributed by atoms with Gasteiger partial charge in [0.15, 0.2) is 14.9 Å². The summed E-state index contributed by atoms with van der Waals surface area (Å²) in [6.07, 6.45) is 0.875. The van der Waals surface area contributed by atoms with Gasteiger partial charge in [0.2, 0.25) is 10.0 Å². The normalized spacial score (nSPS) is 14.1. The van der Waals surface area contributed by atoms with Crippen molar-refractivity contribution in [1.29, 1.82) is 0 Å². The highest BCUT2D eigenvalue weighted by atomic mass is 32.3. The molecule has 0 aliphatic carbocycles. The maximum absolute atomic E-state index is 11.3. The smallest absolute Gasteiger partial charge is 0.226 e. The van der Waals surface area contributed by atoms with Crippen LogP contribution < -0.4 is 10.5 Å². The molecule has 92 valence electrons. The van der Waals surface area contributed by atoms with Gasteiger partial charge >= 0.3 is 0 Å². The van der Waals surface area contributed by atoms with Crippen LogP contribution in [-0.2, 0) is 19.9 Å². The number of hydrogen-bond donors (Lipinski definition) is 2. The van der Waals surface area contributed by atoms with Crippen molar-refractivity contribution in [2.45, 2.75) is 13.8 Å². The van der Waals surface area contributed by atoms with Gasteiger partial charge in [-0.25, -0.2) is 21.6 Å². The van der Waals surface area contributed by atoms with Gasteiger partial charge in [0.25, 0.3) is 0 Å². The van der Waals surface area contributed by atoms with Crippen LogP contribution >= 0.6 is 0 Å². The van der Waals surface area contributed by atoms with E-state index in [0.717, 1.165) is 6.26 Å². The highest BCUT2D eigenvalue weighted by molar-refractivity contribution is 8.06. The third-order valence-electron chi connectivity index (χ3n) is 1.69. The molecular weight excluding hydrogens is 240 g/mol. The van der Waals surface area contributed by atoms with E-state index in [2.05, 4.69) is 4.72 Å². The Kier molecular flexibility index (Phi) is 4.71. The minimum absolute atomic E-state index is 0.126. The van der Waals surface area contributed by atoms with E-state index in [-0.39, 0.29) is 12.0 Å². The molecule has 0 saturated carbocycles. The number of nitrogens with two attached hydrogens (primary N) is 1. The Morgan fingerprint density at radius 2 is 1.67 bits per heavy atom. The Morgan fingerprint density at radius 1 is 1.20 bits per heavy atom. The summed E-state index contributed by atoms with van der Waals surface area (Å²) in [6, 6.07) is 0. The standard InChI is InChI=1S/C7H18N2O4S2/c1-7(2,4-8)5-9-15(12,13)6-14(3,10)11/h9H,4-6,8H2,1-3H3. The molecule has 0 aromatic rings. The molecule has 0 amide bonds. The molecule has 0 aliphatic rings. The zero-order valence-corrected chi connectivity index (χ0v) is 10.8. The summed E-state index contributed by atoms with van der Waals surface area (Å²) in [5.74, 6) is 0. The predicted octanol–water partition coefficient (Wildman–Crippen LogP) is -1.11. The van der Waals surface area contributed by atoms with E-state index in [1.54, 1.807) is 13.8 Å². The largest absolute Gasteiger partial charge is 0.330 e. The Hall–Kier alpha value is -0.180. The van der Waals surface area contributed by atoms with Crippen LogP contribution in [0.4, 0.5) is 0 Å². The average molecular weight is 258 g/mol. The second kappa shape index (κ2) is 4.77. The molecule has 0 heterocycles. The van der Waals surface area contributed by atoms with Crippen LogP contribution in [0.2, 0.25) is 0 Å². The average Bonchev–Trinajstić information content (AvgIpc) is 1.97. The van der Waals surface area contributed by atoms with Gasteiger partial charge in [0.05, 0.1) is 0 Å². The Labute approximate surface area is 91.2 Å². The van der Waals surface area contributed by atoms with E-state index < -0.39 is 24.9 Å². The summed E-state index contributed by atoms with van der Waals surface area (Å²) in [6.45, 7) is 4.02. The van der Waals surface area contributed by atoms with Crippen molar-refractivity contribution in [3.8, 4) is 0 Å². The van der Waals surface area contributed by atoms with E-state index in [4.69, 9.17) is 5.73 Å². The van der Waals surface area contributed by atoms with E-state index in [9.17, 15) is 16.8 Å². The van der Waals surface area contributed by atoms with Crippen LogP contribution in [0.3, 0.4) is 0 Å². The van der Waals surface area contributed by atoms with Gasteiger partial charge in [0.1, 0.15) is 0 Å². The highest BCUT2D eigenvalue weighted by Crippen LogP contribution is 2.10. The third-order valence-corrected chi connectivity index (χ3v) is 5.23. The summed E-state index contributed by atoms with van der Waals surface area (Å²) in [4.78, 5) is 0. The summed E-state index contributed by atoms with van der Waals surface area (Å²) < 4.78 is 46.4. The molecule has 15 heavy (non-hydrogen) atoms. The number of sulfonamides is 1. The molecule has 0 bridgehead atoms. The molecule has 0 atom stereocenters. The van der Waals surface area contributed by atoms with Gasteiger partial charge < -0.3 is 5.73 Å². The molecule has 3 N–H and O–H groups in total. The van der Waals surface area contributed by atoms with Gasteiger partial charge in [-0.15, -0.1) is 0 Å². The fourth-order valence-electron chi connectivity index (χ4n) is 0.701. The molecule has 0 radical (unpaired) electrons. The zero-order valence-electron chi connectivity index (χ0n) is 9.15. The van der Waals surface area contributed by atoms with Crippen molar-refractivity contribution >= 4 is 19.9 Å². The lowest BCUT2D eigenvalue weighted by molar-refractivity contribution is 0.376. The van der Waals surface area contributed by atoms with Crippen LogP contribution in [-0.4, -0.2) is 41.3 Å². The molecule has 0 spiro atoms. The number of nitrogens with one attached hydrogen (secondary N) is 1. The number of hydrogen-bond acceptors (Lipinski definition) is 5. The Morgan fingerprint density at radius 3 is 2.00 bits per heavy atom. The first kappa shape index (κ1) is 14.8. The minimum Gasteiger partial charge on any atom is -0.330 e. The Balaban J connectivity index is 4.43.